The summed E-state index contributed by atoms with van der Waals surface area (Å²) in [6.45, 7) is 2.77. The van der Waals surface area contributed by atoms with Crippen molar-refractivity contribution in [3.8, 4) is 0 Å². The van der Waals surface area contributed by atoms with Crippen molar-refractivity contribution in [1.82, 2.24) is 9.55 Å². The molecule has 90 valence electrons. The second kappa shape index (κ2) is 4.97. The van der Waals surface area contributed by atoms with Gasteiger partial charge in [0.1, 0.15) is 12.2 Å². The Morgan fingerprint density at radius 1 is 1.59 bits per heavy atom. The summed E-state index contributed by atoms with van der Waals surface area (Å²) in [5, 5.41) is 0.985. The predicted octanol–water partition coefficient (Wildman–Crippen LogP) is 1.06. The number of carbonyl (C=O) groups is 1. The van der Waals surface area contributed by atoms with Gasteiger partial charge in [-0.2, -0.15) is 0 Å². The lowest BCUT2D eigenvalue weighted by Gasteiger charge is -2.03. The first-order valence-electron chi connectivity index (χ1n) is 5.54. The van der Waals surface area contributed by atoms with E-state index in [1.54, 1.807) is 17.7 Å². The molecule has 0 saturated carbocycles. The van der Waals surface area contributed by atoms with Crippen molar-refractivity contribution in [2.24, 2.45) is 5.73 Å². The molecule has 0 aliphatic heterocycles. The van der Waals surface area contributed by atoms with Gasteiger partial charge in [-0.1, -0.05) is 0 Å². The number of aromatic nitrogens is 2. The van der Waals surface area contributed by atoms with Gasteiger partial charge in [-0.25, -0.2) is 4.98 Å². The van der Waals surface area contributed by atoms with Gasteiger partial charge in [0.05, 0.1) is 6.61 Å². The van der Waals surface area contributed by atoms with E-state index in [9.17, 15) is 4.79 Å². The topological polar surface area (TPSA) is 70.1 Å². The fourth-order valence-electron chi connectivity index (χ4n) is 1.82. The SMILES string of the molecule is CCOC(=O)Cn1cc(CN)c2cccnc21. The number of carbonyl (C=O) groups excluding carboxylic acids is 1. The smallest absolute Gasteiger partial charge is 0.325 e. The van der Waals surface area contributed by atoms with Crippen LogP contribution in [0.15, 0.2) is 24.5 Å². The van der Waals surface area contributed by atoms with Gasteiger partial charge in [0, 0.05) is 24.3 Å². The average Bonchev–Trinajstić information content (AvgIpc) is 2.68. The van der Waals surface area contributed by atoms with Gasteiger partial charge in [-0.05, 0) is 24.6 Å². The van der Waals surface area contributed by atoms with E-state index in [-0.39, 0.29) is 12.5 Å². The van der Waals surface area contributed by atoms with Gasteiger partial charge in [0.2, 0.25) is 0 Å². The van der Waals surface area contributed by atoms with Crippen molar-refractivity contribution >= 4 is 17.0 Å². The molecule has 2 aromatic rings. The molecule has 2 heterocycles. The van der Waals surface area contributed by atoms with E-state index in [4.69, 9.17) is 10.5 Å². The van der Waals surface area contributed by atoms with Crippen LogP contribution in [-0.2, 0) is 22.6 Å². The summed E-state index contributed by atoms with van der Waals surface area (Å²) in [4.78, 5) is 15.7. The molecule has 0 spiro atoms. The number of hydrogen-bond donors (Lipinski definition) is 1. The highest BCUT2D eigenvalue weighted by Crippen LogP contribution is 2.18. The molecule has 2 N–H and O–H groups in total. The van der Waals surface area contributed by atoms with E-state index >= 15 is 0 Å². The Labute approximate surface area is 99.2 Å². The lowest BCUT2D eigenvalue weighted by Crippen LogP contribution is -2.13. The van der Waals surface area contributed by atoms with E-state index in [0.29, 0.717) is 13.2 Å². The molecular weight excluding hydrogens is 218 g/mol. The average molecular weight is 233 g/mol. The first kappa shape index (κ1) is 11.6. The number of nitrogens with zero attached hydrogens (tertiary/aromatic N) is 2. The molecule has 0 bridgehead atoms. The largest absolute Gasteiger partial charge is 0.465 e. The number of pyridine rings is 1. The summed E-state index contributed by atoms with van der Waals surface area (Å²) in [6, 6.07) is 3.81. The Morgan fingerprint density at radius 3 is 3.12 bits per heavy atom. The zero-order chi connectivity index (χ0) is 12.3. The Balaban J connectivity index is 2.37. The molecule has 2 aromatic heterocycles. The van der Waals surface area contributed by atoms with Gasteiger partial charge in [0.15, 0.2) is 0 Å². The summed E-state index contributed by atoms with van der Waals surface area (Å²) in [6.07, 6.45) is 3.55. The van der Waals surface area contributed by atoms with Crippen LogP contribution in [0.2, 0.25) is 0 Å². The molecule has 0 saturated heterocycles. The third-order valence-corrected chi connectivity index (χ3v) is 2.54. The van der Waals surface area contributed by atoms with Crippen molar-refractivity contribution in [2.45, 2.75) is 20.0 Å². The fourth-order valence-corrected chi connectivity index (χ4v) is 1.82. The molecule has 0 aliphatic carbocycles. The molecule has 17 heavy (non-hydrogen) atoms. The molecule has 0 radical (unpaired) electrons. The lowest BCUT2D eigenvalue weighted by atomic mass is 10.2. The minimum atomic E-state index is -0.265. The molecule has 0 atom stereocenters. The van der Waals surface area contributed by atoms with Crippen molar-refractivity contribution < 1.29 is 9.53 Å². The van der Waals surface area contributed by atoms with E-state index in [0.717, 1.165) is 16.6 Å². The predicted molar refractivity (Wildman–Crippen MR) is 64.3 cm³/mol. The first-order valence-corrected chi connectivity index (χ1v) is 5.54. The van der Waals surface area contributed by atoms with Crippen LogP contribution in [0.1, 0.15) is 12.5 Å². The highest BCUT2D eigenvalue weighted by atomic mass is 16.5. The third-order valence-electron chi connectivity index (χ3n) is 2.54. The zero-order valence-electron chi connectivity index (χ0n) is 9.72. The van der Waals surface area contributed by atoms with E-state index in [1.807, 2.05) is 18.3 Å². The Kier molecular flexibility index (Phi) is 3.39. The molecule has 0 aliphatic rings. The summed E-state index contributed by atoms with van der Waals surface area (Å²) in [7, 11) is 0. The van der Waals surface area contributed by atoms with Crippen LogP contribution < -0.4 is 5.73 Å². The molecule has 5 heteroatoms. The van der Waals surface area contributed by atoms with Crippen LogP contribution in [-0.4, -0.2) is 22.1 Å². The maximum Gasteiger partial charge on any atom is 0.325 e. The van der Waals surface area contributed by atoms with Crippen LogP contribution in [0, 0.1) is 0 Å². The number of hydrogen-bond acceptors (Lipinski definition) is 4. The maximum absolute atomic E-state index is 11.5. The van der Waals surface area contributed by atoms with E-state index in [1.165, 1.54) is 0 Å². The maximum atomic E-state index is 11.5. The van der Waals surface area contributed by atoms with Crippen LogP contribution in [0.4, 0.5) is 0 Å². The molecule has 0 unspecified atom stereocenters. The van der Waals surface area contributed by atoms with Crippen molar-refractivity contribution in [1.29, 1.82) is 0 Å². The summed E-state index contributed by atoms with van der Waals surface area (Å²) >= 11 is 0. The Morgan fingerprint density at radius 2 is 2.41 bits per heavy atom. The monoisotopic (exact) mass is 233 g/mol. The number of nitrogens with two attached hydrogens (primary N) is 1. The highest BCUT2D eigenvalue weighted by molar-refractivity contribution is 5.82. The second-order valence-corrected chi connectivity index (χ2v) is 3.67. The first-order chi connectivity index (χ1) is 8.26. The van der Waals surface area contributed by atoms with Crippen LogP contribution in [0.3, 0.4) is 0 Å². The number of ether oxygens (including phenoxy) is 1. The molecule has 0 fully saturated rings. The van der Waals surface area contributed by atoms with Gasteiger partial charge >= 0.3 is 5.97 Å². The minimum Gasteiger partial charge on any atom is -0.465 e. The summed E-state index contributed by atoms with van der Waals surface area (Å²) < 4.78 is 6.69. The second-order valence-electron chi connectivity index (χ2n) is 3.67. The number of fused-ring (bicyclic) bond motifs is 1. The van der Waals surface area contributed by atoms with Crippen molar-refractivity contribution in [2.75, 3.05) is 6.61 Å². The van der Waals surface area contributed by atoms with E-state index in [2.05, 4.69) is 4.98 Å². The summed E-state index contributed by atoms with van der Waals surface area (Å²) in [5.41, 5.74) is 7.41. The van der Waals surface area contributed by atoms with Crippen LogP contribution in [0.25, 0.3) is 11.0 Å². The lowest BCUT2D eigenvalue weighted by molar-refractivity contribution is -0.143. The normalized spacial score (nSPS) is 10.7. The molecule has 2 rings (SSSR count). The standard InChI is InChI=1S/C12H15N3O2/c1-2-17-11(16)8-15-7-9(6-13)10-4-3-5-14-12(10)15/h3-5,7H,2,6,8,13H2,1H3. The van der Waals surface area contributed by atoms with Gasteiger partial charge < -0.3 is 15.0 Å². The molecule has 0 aromatic carbocycles. The number of esters is 1. The van der Waals surface area contributed by atoms with Crippen molar-refractivity contribution in [3.63, 3.8) is 0 Å². The Bertz CT molecular complexity index is 534. The van der Waals surface area contributed by atoms with Gasteiger partial charge in [-0.15, -0.1) is 0 Å². The number of rotatable bonds is 4. The third kappa shape index (κ3) is 2.29. The van der Waals surface area contributed by atoms with Crippen LogP contribution >= 0.6 is 0 Å². The highest BCUT2D eigenvalue weighted by Gasteiger charge is 2.11. The molecule has 0 amide bonds. The molecular formula is C12H15N3O2. The quantitative estimate of drug-likeness (QED) is 0.801. The van der Waals surface area contributed by atoms with E-state index < -0.39 is 0 Å². The van der Waals surface area contributed by atoms with Crippen LogP contribution in [0.5, 0.6) is 0 Å². The van der Waals surface area contributed by atoms with Gasteiger partial charge in [0.25, 0.3) is 0 Å². The fraction of sp³-hybridized carbons (Fsp3) is 0.333. The zero-order valence-corrected chi connectivity index (χ0v) is 9.72. The minimum absolute atomic E-state index is 0.168. The Hall–Kier alpha value is -1.88. The summed E-state index contributed by atoms with van der Waals surface area (Å²) in [5.74, 6) is -0.265. The molecule has 5 nitrogen and oxygen atoms in total. The van der Waals surface area contributed by atoms with Crippen molar-refractivity contribution in [3.05, 3.63) is 30.1 Å². The van der Waals surface area contributed by atoms with Gasteiger partial charge in [-0.3, -0.25) is 4.79 Å².